The van der Waals surface area contributed by atoms with Crippen molar-refractivity contribution in [2.75, 3.05) is 0 Å². The molecule has 7 heteroatoms. The smallest absolute Gasteiger partial charge is 0.399 e. The third-order valence-electron chi connectivity index (χ3n) is 8.92. The van der Waals surface area contributed by atoms with Gasteiger partial charge in [0.05, 0.1) is 33.4 Å². The first-order valence-corrected chi connectivity index (χ1v) is 13.2. The first-order chi connectivity index (χ1) is 17.3. The minimum Gasteiger partial charge on any atom is -0.399 e. The molecular formula is C30H35B2NO4. The molecule has 0 unspecified atom stereocenters. The molecule has 3 aromatic carbocycles. The Labute approximate surface area is 220 Å². The zero-order chi connectivity index (χ0) is 26.4. The van der Waals surface area contributed by atoms with Gasteiger partial charge in [0.15, 0.2) is 0 Å². The highest BCUT2D eigenvalue weighted by molar-refractivity contribution is 6.68. The molecule has 2 saturated heterocycles. The number of hydrogen-bond acceptors (Lipinski definition) is 4. The summed E-state index contributed by atoms with van der Waals surface area (Å²) in [6.07, 6.45) is 0. The molecule has 1 aromatic heterocycles. The fraction of sp³-hybridized carbons (Fsp3) is 0.400. The van der Waals surface area contributed by atoms with Crippen molar-refractivity contribution in [2.45, 2.75) is 77.8 Å². The fourth-order valence-electron chi connectivity index (χ4n) is 5.32. The molecule has 2 aliphatic heterocycles. The number of rotatable bonds is 3. The quantitative estimate of drug-likeness (QED) is 0.358. The molecule has 2 aliphatic rings. The Balaban J connectivity index is 1.66. The van der Waals surface area contributed by atoms with Crippen LogP contribution in [0, 0.1) is 0 Å². The fourth-order valence-corrected chi connectivity index (χ4v) is 5.32. The van der Waals surface area contributed by atoms with E-state index in [1.165, 1.54) is 10.8 Å². The van der Waals surface area contributed by atoms with E-state index in [1.54, 1.807) is 0 Å². The van der Waals surface area contributed by atoms with Crippen LogP contribution >= 0.6 is 0 Å². The molecule has 0 amide bonds. The van der Waals surface area contributed by atoms with Gasteiger partial charge < -0.3 is 23.2 Å². The Morgan fingerprint density at radius 2 is 0.838 bits per heavy atom. The lowest BCUT2D eigenvalue weighted by atomic mass is 9.69. The van der Waals surface area contributed by atoms with Crippen molar-refractivity contribution in [1.82, 2.24) is 4.57 Å². The van der Waals surface area contributed by atoms with E-state index in [0.29, 0.717) is 0 Å². The molecule has 0 atom stereocenters. The van der Waals surface area contributed by atoms with Gasteiger partial charge in [-0.2, -0.15) is 0 Å². The van der Waals surface area contributed by atoms with Crippen LogP contribution < -0.4 is 10.9 Å². The normalized spacial score (nSPS) is 21.8. The van der Waals surface area contributed by atoms with E-state index in [0.717, 1.165) is 27.6 Å². The largest absolute Gasteiger partial charge is 0.496 e. The molecule has 0 spiro atoms. The van der Waals surface area contributed by atoms with Gasteiger partial charge in [0.2, 0.25) is 0 Å². The first kappa shape index (κ1) is 24.7. The molecule has 2 fully saturated rings. The summed E-state index contributed by atoms with van der Waals surface area (Å²) in [6, 6.07) is 23.3. The molecule has 0 saturated carbocycles. The monoisotopic (exact) mass is 495 g/mol. The summed E-state index contributed by atoms with van der Waals surface area (Å²) in [5.41, 5.74) is 3.28. The second kappa shape index (κ2) is 7.97. The minimum atomic E-state index is -0.540. The lowest BCUT2D eigenvalue weighted by molar-refractivity contribution is 0.00578. The standard InChI is InChI=1S/C30H35B2NO4/c1-27(2)28(3,4)35-31(34-27)22-16-13-17-23(32-36-29(5,6)30(7,8)37-32)26(22)33-24-18-11-9-14-20(24)21-15-10-12-19-25(21)33/h9-19H,1-8H3. The second-order valence-electron chi connectivity index (χ2n) is 12.3. The molecule has 37 heavy (non-hydrogen) atoms. The Morgan fingerprint density at radius 1 is 0.486 bits per heavy atom. The molecular weight excluding hydrogens is 460 g/mol. The summed E-state index contributed by atoms with van der Waals surface area (Å²) in [4.78, 5) is 0. The molecule has 190 valence electrons. The number of nitrogens with zero attached hydrogens (tertiary/aromatic N) is 1. The number of hydrogen-bond donors (Lipinski definition) is 0. The van der Waals surface area contributed by atoms with Crippen molar-refractivity contribution >= 4 is 47.0 Å². The lowest BCUT2D eigenvalue weighted by Gasteiger charge is -2.32. The second-order valence-corrected chi connectivity index (χ2v) is 12.3. The van der Waals surface area contributed by atoms with Crippen LogP contribution in [-0.2, 0) is 18.6 Å². The van der Waals surface area contributed by atoms with E-state index in [1.807, 2.05) is 0 Å². The lowest BCUT2D eigenvalue weighted by Crippen LogP contribution is -2.45. The van der Waals surface area contributed by atoms with Gasteiger partial charge in [-0.25, -0.2) is 0 Å². The van der Waals surface area contributed by atoms with Gasteiger partial charge in [-0.05, 0) is 67.5 Å². The summed E-state index contributed by atoms with van der Waals surface area (Å²) in [6.45, 7) is 16.7. The van der Waals surface area contributed by atoms with Crippen LogP contribution in [0.15, 0.2) is 66.7 Å². The highest BCUT2D eigenvalue weighted by Crippen LogP contribution is 2.40. The Hall–Kier alpha value is -2.57. The maximum absolute atomic E-state index is 6.60. The predicted octanol–water partition coefficient (Wildman–Crippen LogP) is 5.38. The average Bonchev–Trinajstić information content (AvgIpc) is 3.36. The average molecular weight is 495 g/mol. The number of benzene rings is 3. The Bertz CT molecular complexity index is 1380. The maximum atomic E-state index is 6.60. The molecule has 6 rings (SSSR count). The highest BCUT2D eigenvalue weighted by Gasteiger charge is 2.55. The van der Waals surface area contributed by atoms with E-state index in [2.05, 4.69) is 127 Å². The van der Waals surface area contributed by atoms with Crippen LogP contribution in [0.3, 0.4) is 0 Å². The Kier molecular flexibility index (Phi) is 5.33. The van der Waals surface area contributed by atoms with Gasteiger partial charge in [-0.1, -0.05) is 54.6 Å². The highest BCUT2D eigenvalue weighted by atomic mass is 16.7. The number of fused-ring (bicyclic) bond motifs is 3. The topological polar surface area (TPSA) is 41.9 Å². The van der Waals surface area contributed by atoms with Crippen molar-refractivity contribution in [1.29, 1.82) is 0 Å². The van der Waals surface area contributed by atoms with Crippen LogP contribution in [0.4, 0.5) is 0 Å². The SMILES string of the molecule is CC1(C)OB(c2cccc(B3OC(C)(C)C(C)(C)O3)c2-n2c3ccccc3c3ccccc32)OC1(C)C. The van der Waals surface area contributed by atoms with Crippen molar-refractivity contribution in [3.05, 3.63) is 66.7 Å². The van der Waals surface area contributed by atoms with Crippen LogP contribution in [-0.4, -0.2) is 41.2 Å². The minimum absolute atomic E-state index is 0.462. The van der Waals surface area contributed by atoms with Crippen LogP contribution in [0.1, 0.15) is 55.4 Å². The molecule has 0 bridgehead atoms. The third-order valence-corrected chi connectivity index (χ3v) is 8.92. The number of aromatic nitrogens is 1. The van der Waals surface area contributed by atoms with Crippen LogP contribution in [0.5, 0.6) is 0 Å². The zero-order valence-corrected chi connectivity index (χ0v) is 23.1. The van der Waals surface area contributed by atoms with E-state index < -0.39 is 36.6 Å². The van der Waals surface area contributed by atoms with Crippen LogP contribution in [0.2, 0.25) is 0 Å². The molecule has 0 aliphatic carbocycles. The van der Waals surface area contributed by atoms with E-state index >= 15 is 0 Å². The summed E-state index contributed by atoms with van der Waals surface area (Å²) < 4.78 is 28.7. The Morgan fingerprint density at radius 3 is 1.22 bits per heavy atom. The summed E-state index contributed by atoms with van der Waals surface area (Å²) >= 11 is 0. The number of para-hydroxylation sites is 3. The van der Waals surface area contributed by atoms with Gasteiger partial charge in [0.1, 0.15) is 0 Å². The van der Waals surface area contributed by atoms with Crippen molar-refractivity contribution < 1.29 is 18.6 Å². The molecule has 0 N–H and O–H groups in total. The van der Waals surface area contributed by atoms with Crippen molar-refractivity contribution in [3.63, 3.8) is 0 Å². The van der Waals surface area contributed by atoms with Crippen LogP contribution in [0.25, 0.3) is 27.5 Å². The third kappa shape index (κ3) is 3.63. The molecule has 5 nitrogen and oxygen atoms in total. The molecule has 0 radical (unpaired) electrons. The van der Waals surface area contributed by atoms with Gasteiger partial charge in [0, 0.05) is 27.4 Å². The van der Waals surface area contributed by atoms with E-state index in [-0.39, 0.29) is 0 Å². The van der Waals surface area contributed by atoms with Gasteiger partial charge in [-0.3, -0.25) is 0 Å². The molecule has 4 aromatic rings. The van der Waals surface area contributed by atoms with Gasteiger partial charge >= 0.3 is 14.2 Å². The first-order valence-electron chi connectivity index (χ1n) is 13.2. The summed E-state index contributed by atoms with van der Waals surface area (Å²) in [5, 5.41) is 2.39. The summed E-state index contributed by atoms with van der Waals surface area (Å²) in [7, 11) is -1.08. The predicted molar refractivity (Wildman–Crippen MR) is 152 cm³/mol. The molecule has 3 heterocycles. The summed E-state index contributed by atoms with van der Waals surface area (Å²) in [5.74, 6) is 0. The van der Waals surface area contributed by atoms with Gasteiger partial charge in [0.25, 0.3) is 0 Å². The van der Waals surface area contributed by atoms with E-state index in [4.69, 9.17) is 18.6 Å². The van der Waals surface area contributed by atoms with Crippen molar-refractivity contribution in [3.8, 4) is 5.69 Å². The maximum Gasteiger partial charge on any atom is 0.496 e. The van der Waals surface area contributed by atoms with Crippen molar-refractivity contribution in [2.24, 2.45) is 0 Å². The van der Waals surface area contributed by atoms with Gasteiger partial charge in [-0.15, -0.1) is 0 Å². The van der Waals surface area contributed by atoms with E-state index in [9.17, 15) is 0 Å². The zero-order valence-electron chi connectivity index (χ0n) is 23.1.